The molecule has 188 valence electrons. The summed E-state index contributed by atoms with van der Waals surface area (Å²) in [6.07, 6.45) is 4.02. The van der Waals surface area contributed by atoms with Gasteiger partial charge in [-0.15, -0.1) is 0 Å². The van der Waals surface area contributed by atoms with Crippen LogP contribution in [0.1, 0.15) is 38.7 Å². The third-order valence-corrected chi connectivity index (χ3v) is 6.68. The standard InChI is InChI=1S/C26H33N3O6/c1-26(2,18-8-4-3-5-9-18)14-20(27-25(32)35-19-10-13-33-16-19)24(31)28-23-21(30)17-34-22(23)15-29-11-6-7-12-29/h3-5,8-10,13,16,20,22-23H,6-7,11-12,14-15,17H2,1-2H3,(H,27,32)(H,28,31)/t20-,22?,23?/m0/s1. The molecule has 2 fully saturated rings. The summed E-state index contributed by atoms with van der Waals surface area (Å²) in [5.41, 5.74) is 0.576. The van der Waals surface area contributed by atoms with Crippen LogP contribution in [0, 0.1) is 0 Å². The summed E-state index contributed by atoms with van der Waals surface area (Å²) < 4.78 is 15.9. The first-order valence-electron chi connectivity index (χ1n) is 12.0. The summed E-state index contributed by atoms with van der Waals surface area (Å²) in [5, 5.41) is 5.54. The topological polar surface area (TPSA) is 110 Å². The lowest BCUT2D eigenvalue weighted by molar-refractivity contribution is -0.128. The number of rotatable bonds is 9. The van der Waals surface area contributed by atoms with Gasteiger partial charge in [-0.05, 0) is 43.3 Å². The zero-order chi connectivity index (χ0) is 24.8. The molecule has 0 aliphatic carbocycles. The zero-order valence-electron chi connectivity index (χ0n) is 20.2. The Bertz CT molecular complexity index is 1000. The summed E-state index contributed by atoms with van der Waals surface area (Å²) in [6, 6.07) is 9.58. The number of furan rings is 1. The molecular formula is C26H33N3O6. The van der Waals surface area contributed by atoms with Crippen molar-refractivity contribution in [3.8, 4) is 5.75 Å². The molecule has 0 bridgehead atoms. The molecule has 1 aromatic carbocycles. The molecule has 9 nitrogen and oxygen atoms in total. The van der Waals surface area contributed by atoms with Crippen molar-refractivity contribution in [1.29, 1.82) is 0 Å². The van der Waals surface area contributed by atoms with E-state index in [0.717, 1.165) is 31.5 Å². The summed E-state index contributed by atoms with van der Waals surface area (Å²) in [5.74, 6) is -0.382. The van der Waals surface area contributed by atoms with Gasteiger partial charge in [-0.1, -0.05) is 44.2 Å². The lowest BCUT2D eigenvalue weighted by Gasteiger charge is -2.31. The van der Waals surface area contributed by atoms with Gasteiger partial charge < -0.3 is 29.4 Å². The second-order valence-electron chi connectivity index (χ2n) is 9.81. The van der Waals surface area contributed by atoms with Gasteiger partial charge in [0.15, 0.2) is 11.5 Å². The number of hydrogen-bond acceptors (Lipinski definition) is 7. The van der Waals surface area contributed by atoms with E-state index in [4.69, 9.17) is 13.9 Å². The normalized spacial score (nSPS) is 21.6. The van der Waals surface area contributed by atoms with Crippen LogP contribution in [-0.4, -0.2) is 67.1 Å². The number of Topliss-reactive ketones (excluding diaryl/α,β-unsaturated/α-hetero) is 1. The zero-order valence-corrected chi connectivity index (χ0v) is 20.2. The SMILES string of the molecule is CC(C)(C[C@H](NC(=O)Oc1ccoc1)C(=O)NC1C(=O)COC1CN1CCCC1)c1ccccc1. The van der Waals surface area contributed by atoms with Crippen LogP contribution in [0.3, 0.4) is 0 Å². The monoisotopic (exact) mass is 483 g/mol. The fourth-order valence-corrected chi connectivity index (χ4v) is 4.70. The Kier molecular flexibility index (Phi) is 7.87. The molecule has 3 atom stereocenters. The average Bonchev–Trinajstić information content (AvgIpc) is 3.60. The second-order valence-corrected chi connectivity index (χ2v) is 9.81. The predicted molar refractivity (Wildman–Crippen MR) is 128 cm³/mol. The fourth-order valence-electron chi connectivity index (χ4n) is 4.70. The minimum absolute atomic E-state index is 0.0282. The van der Waals surface area contributed by atoms with Crippen LogP contribution in [-0.2, 0) is 19.7 Å². The van der Waals surface area contributed by atoms with Gasteiger partial charge in [-0.25, -0.2) is 4.79 Å². The van der Waals surface area contributed by atoms with Crippen molar-refractivity contribution >= 4 is 17.8 Å². The summed E-state index contributed by atoms with van der Waals surface area (Å²) >= 11 is 0. The Morgan fingerprint density at radius 2 is 1.91 bits per heavy atom. The maximum absolute atomic E-state index is 13.5. The number of hydrogen-bond donors (Lipinski definition) is 2. The van der Waals surface area contributed by atoms with E-state index >= 15 is 0 Å². The molecule has 2 unspecified atom stereocenters. The molecule has 2 N–H and O–H groups in total. The van der Waals surface area contributed by atoms with Gasteiger partial charge in [0.2, 0.25) is 5.91 Å². The van der Waals surface area contributed by atoms with E-state index in [2.05, 4.69) is 15.5 Å². The van der Waals surface area contributed by atoms with E-state index in [-0.39, 0.29) is 18.1 Å². The van der Waals surface area contributed by atoms with Crippen molar-refractivity contribution in [1.82, 2.24) is 15.5 Å². The maximum Gasteiger partial charge on any atom is 0.413 e. The number of benzene rings is 1. The largest absolute Gasteiger partial charge is 0.469 e. The molecule has 2 aliphatic heterocycles. The van der Waals surface area contributed by atoms with Crippen LogP contribution in [0.4, 0.5) is 4.79 Å². The number of likely N-dealkylation sites (tertiary alicyclic amines) is 1. The third kappa shape index (κ3) is 6.49. The fraction of sp³-hybridized carbons (Fsp3) is 0.500. The molecule has 0 saturated carbocycles. The van der Waals surface area contributed by atoms with Crippen molar-refractivity contribution in [3.05, 3.63) is 54.5 Å². The van der Waals surface area contributed by atoms with E-state index in [1.54, 1.807) is 0 Å². The number of nitrogens with one attached hydrogen (secondary N) is 2. The van der Waals surface area contributed by atoms with Crippen molar-refractivity contribution in [2.75, 3.05) is 26.2 Å². The van der Waals surface area contributed by atoms with Crippen LogP contribution in [0.15, 0.2) is 53.3 Å². The molecule has 9 heteroatoms. The van der Waals surface area contributed by atoms with Gasteiger partial charge in [0, 0.05) is 12.6 Å². The van der Waals surface area contributed by atoms with Crippen molar-refractivity contribution < 1.29 is 28.3 Å². The number of nitrogens with zero attached hydrogens (tertiary/aromatic N) is 1. The first kappa shape index (κ1) is 24.9. The molecule has 4 rings (SSSR count). The van der Waals surface area contributed by atoms with E-state index in [1.807, 2.05) is 44.2 Å². The second kappa shape index (κ2) is 11.0. The van der Waals surface area contributed by atoms with Crippen LogP contribution in [0.25, 0.3) is 0 Å². The highest BCUT2D eigenvalue weighted by molar-refractivity contribution is 5.94. The van der Waals surface area contributed by atoms with Gasteiger partial charge in [0.25, 0.3) is 0 Å². The molecule has 2 saturated heterocycles. The highest BCUT2D eigenvalue weighted by Gasteiger charge is 2.40. The van der Waals surface area contributed by atoms with E-state index in [9.17, 15) is 14.4 Å². The minimum atomic E-state index is -0.939. The Morgan fingerprint density at radius 3 is 2.60 bits per heavy atom. The third-order valence-electron chi connectivity index (χ3n) is 6.68. The molecule has 2 aliphatic rings. The molecule has 35 heavy (non-hydrogen) atoms. The van der Waals surface area contributed by atoms with Crippen molar-refractivity contribution in [2.45, 2.75) is 56.7 Å². The van der Waals surface area contributed by atoms with Gasteiger partial charge in [-0.2, -0.15) is 0 Å². The van der Waals surface area contributed by atoms with Gasteiger partial charge in [-0.3, -0.25) is 9.59 Å². The molecule has 2 amide bonds. The number of carbonyl (C=O) groups excluding carboxylic acids is 3. The van der Waals surface area contributed by atoms with Crippen LogP contribution >= 0.6 is 0 Å². The van der Waals surface area contributed by atoms with Gasteiger partial charge in [0.1, 0.15) is 25.0 Å². The lowest BCUT2D eigenvalue weighted by Crippen LogP contribution is -2.56. The van der Waals surface area contributed by atoms with Gasteiger partial charge in [0.05, 0.1) is 12.4 Å². The van der Waals surface area contributed by atoms with E-state index in [0.29, 0.717) is 13.0 Å². The average molecular weight is 484 g/mol. The molecule has 1 aromatic heterocycles. The quantitative estimate of drug-likeness (QED) is 0.564. The highest BCUT2D eigenvalue weighted by Crippen LogP contribution is 2.29. The summed E-state index contributed by atoms with van der Waals surface area (Å²) in [7, 11) is 0. The Labute approximate surface area is 205 Å². The summed E-state index contributed by atoms with van der Waals surface area (Å²) in [6.45, 7) is 6.50. The van der Waals surface area contributed by atoms with Crippen molar-refractivity contribution in [3.63, 3.8) is 0 Å². The first-order valence-corrected chi connectivity index (χ1v) is 12.0. The predicted octanol–water partition coefficient (Wildman–Crippen LogP) is 2.65. The molecule has 2 aromatic rings. The maximum atomic E-state index is 13.5. The number of ketones is 1. The Balaban J connectivity index is 1.47. The lowest BCUT2D eigenvalue weighted by atomic mass is 9.79. The molecule has 0 radical (unpaired) electrons. The highest BCUT2D eigenvalue weighted by atomic mass is 16.6. The Hall–Kier alpha value is -3.17. The van der Waals surface area contributed by atoms with E-state index < -0.39 is 35.6 Å². The Morgan fingerprint density at radius 1 is 1.17 bits per heavy atom. The van der Waals surface area contributed by atoms with Crippen LogP contribution in [0.5, 0.6) is 5.75 Å². The van der Waals surface area contributed by atoms with E-state index in [1.165, 1.54) is 18.6 Å². The van der Waals surface area contributed by atoms with Crippen molar-refractivity contribution in [2.24, 2.45) is 0 Å². The first-order chi connectivity index (χ1) is 16.8. The molecular weight excluding hydrogens is 450 g/mol. The van der Waals surface area contributed by atoms with Crippen LogP contribution in [0.2, 0.25) is 0 Å². The smallest absolute Gasteiger partial charge is 0.413 e. The number of carbonyl (C=O) groups is 3. The molecule has 3 heterocycles. The van der Waals surface area contributed by atoms with Gasteiger partial charge >= 0.3 is 6.09 Å². The number of amides is 2. The minimum Gasteiger partial charge on any atom is -0.469 e. The van der Waals surface area contributed by atoms with Crippen LogP contribution < -0.4 is 15.4 Å². The summed E-state index contributed by atoms with van der Waals surface area (Å²) in [4.78, 5) is 40.9. The molecule has 0 spiro atoms. The number of ether oxygens (including phenoxy) is 2.